The molecule has 2 aliphatic heterocycles. The van der Waals surface area contributed by atoms with Gasteiger partial charge >= 0.3 is 5.97 Å². The van der Waals surface area contributed by atoms with Gasteiger partial charge in [0, 0.05) is 45.2 Å². The summed E-state index contributed by atoms with van der Waals surface area (Å²) in [5.74, 6) is -3.51. The predicted octanol–water partition coefficient (Wildman–Crippen LogP) is 7.89. The summed E-state index contributed by atoms with van der Waals surface area (Å²) in [6.45, 7) is 10.8. The number of hydrogen-bond donors (Lipinski definition) is 1. The van der Waals surface area contributed by atoms with Gasteiger partial charge in [0.1, 0.15) is 29.0 Å². The fourth-order valence-electron chi connectivity index (χ4n) is 5.60. The van der Waals surface area contributed by atoms with Crippen molar-refractivity contribution < 1.29 is 41.4 Å². The topological polar surface area (TPSA) is 114 Å². The van der Waals surface area contributed by atoms with Crippen LogP contribution < -0.4 is 15.2 Å². The van der Waals surface area contributed by atoms with E-state index in [4.69, 9.17) is 19.9 Å². The Kier molecular flexibility index (Phi) is 10.7. The van der Waals surface area contributed by atoms with Crippen LogP contribution in [0, 0.1) is 34.1 Å². The first kappa shape index (κ1) is 36.8. The summed E-state index contributed by atoms with van der Waals surface area (Å²) in [5.41, 5.74) is 7.72. The van der Waals surface area contributed by atoms with E-state index in [-0.39, 0.29) is 53.3 Å². The van der Waals surface area contributed by atoms with Gasteiger partial charge in [0.2, 0.25) is 11.8 Å². The Morgan fingerprint density at radius 1 is 0.735 bits per heavy atom. The molecule has 6 rings (SSSR count). The van der Waals surface area contributed by atoms with Crippen molar-refractivity contribution in [3.63, 3.8) is 0 Å². The lowest BCUT2D eigenvalue weighted by atomic mass is 9.82. The third-order valence-corrected chi connectivity index (χ3v) is 7.86. The van der Waals surface area contributed by atoms with Gasteiger partial charge in [-0.05, 0) is 67.3 Å². The van der Waals surface area contributed by atoms with Crippen molar-refractivity contribution in [2.45, 2.75) is 54.9 Å². The van der Waals surface area contributed by atoms with Crippen LogP contribution in [0.2, 0.25) is 0 Å². The number of carbonyl (C=O) groups is 2. The number of primary amides is 1. The fraction of sp³-hybridized carbons (Fsp3) is 0.351. The summed E-state index contributed by atoms with van der Waals surface area (Å²) in [7, 11) is 0. The average Bonchev–Trinajstić information content (AvgIpc) is 3.00. The van der Waals surface area contributed by atoms with Gasteiger partial charge in [-0.3, -0.25) is 4.79 Å². The van der Waals surface area contributed by atoms with Crippen LogP contribution in [0.5, 0.6) is 11.8 Å². The van der Waals surface area contributed by atoms with Crippen molar-refractivity contribution >= 4 is 11.9 Å². The Morgan fingerprint density at radius 3 is 1.57 bits per heavy atom. The van der Waals surface area contributed by atoms with Crippen LogP contribution in [-0.4, -0.2) is 41.7 Å². The molecule has 0 radical (unpaired) electrons. The molecule has 260 valence electrons. The number of nitrogens with zero attached hydrogens (tertiary/aromatic N) is 2. The lowest BCUT2D eigenvalue weighted by Gasteiger charge is -2.32. The minimum Gasteiger partial charge on any atom is -0.477 e. The normalized spacial score (nSPS) is 15.1. The first-order valence-electron chi connectivity index (χ1n) is 15.3. The molecular weight excluding hydrogens is 642 g/mol. The van der Waals surface area contributed by atoms with Crippen LogP contribution in [-0.2, 0) is 17.6 Å². The summed E-state index contributed by atoms with van der Waals surface area (Å²) >= 11 is 0. The molecule has 0 bridgehead atoms. The molecule has 4 heterocycles. The number of ether oxygens (including phenoxy) is 3. The van der Waals surface area contributed by atoms with Crippen LogP contribution in [0.4, 0.5) is 17.6 Å². The molecule has 0 aliphatic carbocycles. The molecular formula is C37H39F4N3O5. The number of amides is 1. The van der Waals surface area contributed by atoms with E-state index in [1.807, 2.05) is 27.7 Å². The van der Waals surface area contributed by atoms with Gasteiger partial charge in [-0.1, -0.05) is 35.1 Å². The van der Waals surface area contributed by atoms with Crippen molar-refractivity contribution in [1.29, 1.82) is 0 Å². The summed E-state index contributed by atoms with van der Waals surface area (Å²) in [4.78, 5) is 31.9. The average molecular weight is 682 g/mol. The van der Waals surface area contributed by atoms with E-state index in [2.05, 4.69) is 9.97 Å². The van der Waals surface area contributed by atoms with Gasteiger partial charge in [0.15, 0.2) is 5.69 Å². The molecule has 8 nitrogen and oxygen atoms in total. The number of benzene rings is 2. The highest BCUT2D eigenvalue weighted by atomic mass is 19.1. The van der Waals surface area contributed by atoms with Crippen molar-refractivity contribution in [2.24, 2.45) is 16.6 Å². The van der Waals surface area contributed by atoms with Crippen molar-refractivity contribution in [3.05, 3.63) is 94.3 Å². The summed E-state index contributed by atoms with van der Waals surface area (Å²) < 4.78 is 71.4. The van der Waals surface area contributed by atoms with E-state index in [1.54, 1.807) is 6.92 Å². The molecule has 49 heavy (non-hydrogen) atoms. The smallest absolute Gasteiger partial charge is 0.357 e. The van der Waals surface area contributed by atoms with Crippen LogP contribution >= 0.6 is 0 Å². The standard InChI is InChI=1S/C19H19F2NO3.C17H16F2N2O2.CH4/c1-4-24-18(23)16-8-13(12-6-5-11(20)7-15(12)21)14-9-19(2,3)10-25-17(14)22-16;1-17(2)7-12-11(10-4-3-9(18)5-13(10)19)6-14(15(20)22)21-16(12)23-8-17;/h5-8H,4,9-10H2,1-3H3;3-6H,7-8H2,1-2H3,(H2,20,22);1H4. The summed E-state index contributed by atoms with van der Waals surface area (Å²) in [5, 5.41) is 0. The van der Waals surface area contributed by atoms with E-state index in [0.717, 1.165) is 12.1 Å². The molecule has 0 saturated carbocycles. The summed E-state index contributed by atoms with van der Waals surface area (Å²) in [6, 6.07) is 9.60. The van der Waals surface area contributed by atoms with E-state index < -0.39 is 35.1 Å². The zero-order chi connectivity index (χ0) is 35.0. The SMILES string of the molecule is C.CC1(C)COc2nc(C(N)=O)cc(-c3ccc(F)cc3F)c2C1.CCOC(=O)c1cc(-c2ccc(F)cc2F)c2c(n1)OCC(C)(C)C2. The Morgan fingerprint density at radius 2 is 1.16 bits per heavy atom. The minimum absolute atomic E-state index is 0. The maximum atomic E-state index is 14.4. The van der Waals surface area contributed by atoms with Crippen LogP contribution in [0.15, 0.2) is 48.5 Å². The molecule has 0 atom stereocenters. The third kappa shape index (κ3) is 8.18. The second-order valence-electron chi connectivity index (χ2n) is 13.3. The van der Waals surface area contributed by atoms with Crippen LogP contribution in [0.25, 0.3) is 22.3 Å². The molecule has 0 fully saturated rings. The molecule has 12 heteroatoms. The van der Waals surface area contributed by atoms with Crippen LogP contribution in [0.1, 0.15) is 74.1 Å². The Labute approximate surface area is 282 Å². The van der Waals surface area contributed by atoms with Gasteiger partial charge in [0.25, 0.3) is 5.91 Å². The van der Waals surface area contributed by atoms with E-state index >= 15 is 0 Å². The van der Waals surface area contributed by atoms with Gasteiger partial charge in [0.05, 0.1) is 19.8 Å². The number of rotatable bonds is 5. The maximum Gasteiger partial charge on any atom is 0.357 e. The molecule has 4 aromatic rings. The molecule has 2 N–H and O–H groups in total. The Hall–Kier alpha value is -5.00. The monoisotopic (exact) mass is 681 g/mol. The highest BCUT2D eigenvalue weighted by molar-refractivity contribution is 5.93. The number of carbonyl (C=O) groups excluding carboxylic acids is 2. The number of fused-ring (bicyclic) bond motifs is 2. The van der Waals surface area contributed by atoms with E-state index in [1.165, 1.54) is 36.4 Å². The van der Waals surface area contributed by atoms with Crippen molar-refractivity contribution in [1.82, 2.24) is 9.97 Å². The lowest BCUT2D eigenvalue weighted by Crippen LogP contribution is -2.30. The third-order valence-electron chi connectivity index (χ3n) is 7.86. The largest absolute Gasteiger partial charge is 0.477 e. The highest BCUT2D eigenvalue weighted by Gasteiger charge is 2.33. The van der Waals surface area contributed by atoms with E-state index in [0.29, 0.717) is 54.2 Å². The van der Waals surface area contributed by atoms with Gasteiger partial charge in [-0.2, -0.15) is 0 Å². The van der Waals surface area contributed by atoms with E-state index in [9.17, 15) is 27.2 Å². The molecule has 0 saturated heterocycles. The molecule has 0 spiro atoms. The molecule has 2 aromatic carbocycles. The molecule has 0 unspecified atom stereocenters. The summed E-state index contributed by atoms with van der Waals surface area (Å²) in [6.07, 6.45) is 1.20. The number of nitrogens with two attached hydrogens (primary N) is 1. The Balaban J connectivity index is 0.000000217. The first-order valence-corrected chi connectivity index (χ1v) is 15.3. The number of esters is 1. The zero-order valence-electron chi connectivity index (χ0n) is 27.2. The minimum atomic E-state index is -0.731. The fourth-order valence-corrected chi connectivity index (χ4v) is 5.60. The van der Waals surface area contributed by atoms with Crippen LogP contribution in [0.3, 0.4) is 0 Å². The molecule has 2 aliphatic rings. The second kappa shape index (κ2) is 14.2. The quantitative estimate of drug-likeness (QED) is 0.168. The van der Waals surface area contributed by atoms with Crippen molar-refractivity contribution in [3.8, 4) is 34.0 Å². The Bertz CT molecular complexity index is 1910. The first-order chi connectivity index (χ1) is 22.6. The lowest BCUT2D eigenvalue weighted by molar-refractivity contribution is 0.0516. The number of hydrogen-bond acceptors (Lipinski definition) is 7. The second-order valence-corrected chi connectivity index (χ2v) is 13.3. The number of halogens is 4. The van der Waals surface area contributed by atoms with Gasteiger partial charge in [-0.25, -0.2) is 32.3 Å². The maximum absolute atomic E-state index is 14.4. The van der Waals surface area contributed by atoms with Crippen molar-refractivity contribution in [2.75, 3.05) is 19.8 Å². The molecule has 2 aromatic heterocycles. The molecule has 1 amide bonds. The van der Waals surface area contributed by atoms with Gasteiger partial charge in [-0.15, -0.1) is 0 Å². The van der Waals surface area contributed by atoms with Gasteiger partial charge < -0.3 is 19.9 Å². The number of aromatic nitrogens is 2. The highest BCUT2D eigenvalue weighted by Crippen LogP contribution is 2.41. The predicted molar refractivity (Wildman–Crippen MR) is 176 cm³/mol. The zero-order valence-corrected chi connectivity index (χ0v) is 27.2. The number of pyridine rings is 2.